The molecule has 0 aromatic rings. The van der Waals surface area contributed by atoms with Crippen molar-refractivity contribution >= 4 is 5.90 Å². The molecule has 0 fully saturated rings. The van der Waals surface area contributed by atoms with E-state index in [9.17, 15) is 0 Å². The van der Waals surface area contributed by atoms with Gasteiger partial charge in [0, 0.05) is 20.0 Å². The first-order valence-electron chi connectivity index (χ1n) is 7.34. The van der Waals surface area contributed by atoms with Crippen molar-refractivity contribution in [3.63, 3.8) is 0 Å². The number of likely N-dealkylation sites (N-methyl/N-ethyl adjacent to an activating group) is 1. The van der Waals surface area contributed by atoms with Crippen LogP contribution < -0.4 is 0 Å². The van der Waals surface area contributed by atoms with Crippen LogP contribution >= 0.6 is 0 Å². The van der Waals surface area contributed by atoms with Crippen LogP contribution in [-0.4, -0.2) is 42.6 Å². The minimum Gasteiger partial charge on any atom is -0.479 e. The monoisotopic (exact) mass is 256 g/mol. The summed E-state index contributed by atoms with van der Waals surface area (Å²) in [5.74, 6) is 0.779. The molecule has 0 aromatic heterocycles. The van der Waals surface area contributed by atoms with Gasteiger partial charge in [-0.3, -0.25) is 9.89 Å². The van der Waals surface area contributed by atoms with E-state index in [0.717, 1.165) is 31.9 Å². The Kier molecular flexibility index (Phi) is 8.25. The lowest BCUT2D eigenvalue weighted by molar-refractivity contribution is 0.00272. The molecule has 0 radical (unpaired) electrons. The molecule has 18 heavy (non-hydrogen) atoms. The van der Waals surface area contributed by atoms with E-state index in [1.807, 2.05) is 6.92 Å². The Morgan fingerprint density at radius 2 is 1.78 bits per heavy atom. The second-order valence-corrected chi connectivity index (χ2v) is 5.01. The van der Waals surface area contributed by atoms with Crippen molar-refractivity contribution in [1.29, 1.82) is 0 Å². The van der Waals surface area contributed by atoms with Crippen molar-refractivity contribution in [1.82, 2.24) is 4.90 Å². The zero-order valence-electron chi connectivity index (χ0n) is 13.4. The third-order valence-corrected chi connectivity index (χ3v) is 4.25. The molecule has 0 aliphatic rings. The van der Waals surface area contributed by atoms with Gasteiger partial charge in [0.05, 0.1) is 5.54 Å². The number of hydrogen-bond donors (Lipinski definition) is 0. The first-order valence-corrected chi connectivity index (χ1v) is 7.34. The second-order valence-electron chi connectivity index (χ2n) is 5.01. The van der Waals surface area contributed by atoms with E-state index >= 15 is 0 Å². The minimum atomic E-state index is 0.135. The highest BCUT2D eigenvalue weighted by Crippen LogP contribution is 2.27. The molecule has 3 heteroatoms. The third kappa shape index (κ3) is 4.27. The zero-order chi connectivity index (χ0) is 14.2. The molecule has 0 amide bonds. The van der Waals surface area contributed by atoms with E-state index in [4.69, 9.17) is 4.74 Å². The van der Waals surface area contributed by atoms with Gasteiger partial charge in [-0.2, -0.15) is 0 Å². The normalized spacial score (nSPS) is 15.0. The van der Waals surface area contributed by atoms with Crippen molar-refractivity contribution in [2.75, 3.05) is 20.2 Å². The molecule has 0 aliphatic carbocycles. The molecular weight excluding hydrogens is 224 g/mol. The van der Waals surface area contributed by atoms with Crippen molar-refractivity contribution in [2.45, 2.75) is 72.4 Å². The van der Waals surface area contributed by atoms with Crippen LogP contribution in [-0.2, 0) is 4.74 Å². The molecule has 0 rings (SSSR count). The Hall–Kier alpha value is -0.570. The van der Waals surface area contributed by atoms with E-state index < -0.39 is 0 Å². The lowest BCUT2D eigenvalue weighted by Crippen LogP contribution is -2.55. The fourth-order valence-electron chi connectivity index (χ4n) is 2.58. The van der Waals surface area contributed by atoms with Crippen LogP contribution in [0.3, 0.4) is 0 Å². The molecule has 0 aromatic carbocycles. The van der Waals surface area contributed by atoms with Gasteiger partial charge in [-0.1, -0.05) is 27.7 Å². The van der Waals surface area contributed by atoms with Crippen molar-refractivity contribution in [3.05, 3.63) is 0 Å². The highest BCUT2D eigenvalue weighted by molar-refractivity contribution is 5.72. The van der Waals surface area contributed by atoms with Crippen LogP contribution in [0, 0.1) is 0 Å². The summed E-state index contributed by atoms with van der Waals surface area (Å²) in [6.07, 6.45) is 3.40. The average molecular weight is 256 g/mol. The Bertz CT molecular complexity index is 247. The van der Waals surface area contributed by atoms with E-state index in [-0.39, 0.29) is 5.54 Å². The maximum Gasteiger partial charge on any atom is 0.179 e. The molecule has 1 atom stereocenters. The Morgan fingerprint density at radius 1 is 1.22 bits per heavy atom. The van der Waals surface area contributed by atoms with Gasteiger partial charge in [-0.25, -0.2) is 0 Å². The molecule has 0 saturated heterocycles. The molecule has 108 valence electrons. The number of hydrogen-bond acceptors (Lipinski definition) is 3. The SMILES string of the molecule is CCC(C)N(CC)C(CC)(CC)COC(C)=NC. The van der Waals surface area contributed by atoms with Gasteiger partial charge < -0.3 is 4.74 Å². The van der Waals surface area contributed by atoms with Crippen LogP contribution in [0.25, 0.3) is 0 Å². The molecule has 0 N–H and O–H groups in total. The van der Waals surface area contributed by atoms with Crippen molar-refractivity contribution in [3.8, 4) is 0 Å². The fraction of sp³-hybridized carbons (Fsp3) is 0.933. The van der Waals surface area contributed by atoms with E-state index in [0.29, 0.717) is 6.04 Å². The Balaban J connectivity index is 4.96. The number of nitrogens with zero attached hydrogens (tertiary/aromatic N) is 2. The third-order valence-electron chi connectivity index (χ3n) is 4.25. The lowest BCUT2D eigenvalue weighted by Gasteiger charge is -2.45. The summed E-state index contributed by atoms with van der Waals surface area (Å²) >= 11 is 0. The van der Waals surface area contributed by atoms with Gasteiger partial charge in [-0.05, 0) is 32.7 Å². The van der Waals surface area contributed by atoms with Gasteiger partial charge in [0.15, 0.2) is 5.90 Å². The second kappa shape index (κ2) is 8.52. The van der Waals surface area contributed by atoms with E-state index in [1.54, 1.807) is 7.05 Å². The molecule has 0 saturated carbocycles. The quantitative estimate of drug-likeness (QED) is 0.488. The number of aliphatic imine (C=N–C) groups is 1. The predicted molar refractivity (Wildman–Crippen MR) is 80.4 cm³/mol. The first-order chi connectivity index (χ1) is 8.51. The van der Waals surface area contributed by atoms with Gasteiger partial charge in [0.25, 0.3) is 0 Å². The number of rotatable bonds is 8. The van der Waals surface area contributed by atoms with E-state index in [2.05, 4.69) is 44.5 Å². The topological polar surface area (TPSA) is 24.8 Å². The van der Waals surface area contributed by atoms with Crippen LogP contribution in [0.15, 0.2) is 4.99 Å². The summed E-state index contributed by atoms with van der Waals surface area (Å²) in [6, 6.07) is 0.595. The molecule has 0 bridgehead atoms. The first kappa shape index (κ1) is 17.4. The summed E-state index contributed by atoms with van der Waals surface area (Å²) < 4.78 is 5.82. The summed E-state index contributed by atoms with van der Waals surface area (Å²) in [7, 11) is 1.78. The highest BCUT2D eigenvalue weighted by atomic mass is 16.5. The van der Waals surface area contributed by atoms with Crippen LogP contribution in [0.1, 0.15) is 60.8 Å². The Morgan fingerprint density at radius 3 is 2.11 bits per heavy atom. The molecule has 0 aliphatic heterocycles. The number of ether oxygens (including phenoxy) is 1. The molecule has 0 heterocycles. The van der Waals surface area contributed by atoms with Crippen LogP contribution in [0.5, 0.6) is 0 Å². The maximum absolute atomic E-state index is 5.82. The standard InChI is InChI=1S/C15H32N2O/c1-8-13(5)17(11-4)15(9-2,10-3)12-18-14(6)16-7/h13H,8-12H2,1-7H3. The molecular formula is C15H32N2O. The van der Waals surface area contributed by atoms with Gasteiger partial charge in [-0.15, -0.1) is 0 Å². The maximum atomic E-state index is 5.82. The molecule has 3 nitrogen and oxygen atoms in total. The van der Waals surface area contributed by atoms with Gasteiger partial charge in [0.2, 0.25) is 0 Å². The summed E-state index contributed by atoms with van der Waals surface area (Å²) in [6.45, 7) is 15.1. The zero-order valence-corrected chi connectivity index (χ0v) is 13.4. The summed E-state index contributed by atoms with van der Waals surface area (Å²) in [5.41, 5.74) is 0.135. The Labute approximate surface area is 114 Å². The van der Waals surface area contributed by atoms with Crippen molar-refractivity contribution < 1.29 is 4.74 Å². The lowest BCUT2D eigenvalue weighted by atomic mass is 9.89. The highest BCUT2D eigenvalue weighted by Gasteiger charge is 2.35. The average Bonchev–Trinajstić information content (AvgIpc) is 2.42. The smallest absolute Gasteiger partial charge is 0.179 e. The summed E-state index contributed by atoms with van der Waals surface area (Å²) in [4.78, 5) is 6.68. The summed E-state index contributed by atoms with van der Waals surface area (Å²) in [5, 5.41) is 0. The van der Waals surface area contributed by atoms with Gasteiger partial charge in [0.1, 0.15) is 6.61 Å². The van der Waals surface area contributed by atoms with Crippen LogP contribution in [0.4, 0.5) is 0 Å². The largest absolute Gasteiger partial charge is 0.479 e. The fourth-order valence-corrected chi connectivity index (χ4v) is 2.58. The minimum absolute atomic E-state index is 0.135. The van der Waals surface area contributed by atoms with Crippen molar-refractivity contribution in [2.24, 2.45) is 4.99 Å². The molecule has 0 spiro atoms. The van der Waals surface area contributed by atoms with Gasteiger partial charge >= 0.3 is 0 Å². The van der Waals surface area contributed by atoms with E-state index in [1.165, 1.54) is 6.42 Å². The van der Waals surface area contributed by atoms with Crippen LogP contribution in [0.2, 0.25) is 0 Å². The predicted octanol–water partition coefficient (Wildman–Crippen LogP) is 3.73. The molecule has 1 unspecified atom stereocenters.